The molecule has 0 aliphatic heterocycles. The average Bonchev–Trinajstić information content (AvgIpc) is 2.98. The van der Waals surface area contributed by atoms with Crippen molar-refractivity contribution in [2.45, 2.75) is 10.9 Å². The maximum Gasteiger partial charge on any atom is 0.197 e. The molecule has 2 aromatic carbocycles. The van der Waals surface area contributed by atoms with Crippen LogP contribution in [0.5, 0.6) is 0 Å². The second kappa shape index (κ2) is 6.45. The Labute approximate surface area is 141 Å². The van der Waals surface area contributed by atoms with Crippen molar-refractivity contribution in [2.24, 2.45) is 0 Å². The number of imidazole rings is 1. The minimum atomic E-state index is -1.37. The lowest BCUT2D eigenvalue weighted by atomic mass is 10.2. The van der Waals surface area contributed by atoms with E-state index in [4.69, 9.17) is 0 Å². The summed E-state index contributed by atoms with van der Waals surface area (Å²) >= 11 is 0. The molecule has 0 aliphatic rings. The van der Waals surface area contributed by atoms with Crippen molar-refractivity contribution in [3.05, 3.63) is 53.6 Å². The molecule has 1 heterocycles. The molecule has 0 aliphatic carbocycles. The summed E-state index contributed by atoms with van der Waals surface area (Å²) in [5.41, 5.74) is 3.12. The Bertz CT molecular complexity index is 934. The highest BCUT2D eigenvalue weighted by Gasteiger charge is 2.14. The molecule has 0 fully saturated rings. The first-order valence-electron chi connectivity index (χ1n) is 7.30. The van der Waals surface area contributed by atoms with Crippen molar-refractivity contribution in [1.82, 2.24) is 9.97 Å². The summed E-state index contributed by atoms with van der Waals surface area (Å²) < 4.78 is 12.6. The third kappa shape index (κ3) is 3.16. The molecule has 24 heavy (non-hydrogen) atoms. The van der Waals surface area contributed by atoms with Gasteiger partial charge in [0.2, 0.25) is 0 Å². The number of aromatic carboxylic acids is 1. The molecular weight excluding hydrogens is 326 g/mol. The summed E-state index contributed by atoms with van der Waals surface area (Å²) in [6.07, 6.45) is 0. The molecule has 0 bridgehead atoms. The molecule has 6 nitrogen and oxygen atoms in total. The normalized spacial score (nSPS) is 12.2. The molecule has 3 aromatic rings. The van der Waals surface area contributed by atoms with Crippen LogP contribution in [0, 0.1) is 0 Å². The predicted octanol–water partition coefficient (Wildman–Crippen LogP) is 1.30. The fraction of sp³-hybridized carbons (Fsp3) is 0.176. The van der Waals surface area contributed by atoms with Gasteiger partial charge in [-0.25, -0.2) is 4.98 Å². The number of carbonyl (C=O) groups is 1. The number of carboxylic acids is 1. The van der Waals surface area contributed by atoms with Gasteiger partial charge in [0.15, 0.2) is 5.16 Å². The smallest absolute Gasteiger partial charge is 0.197 e. The van der Waals surface area contributed by atoms with Crippen LogP contribution in [0.25, 0.3) is 11.0 Å². The van der Waals surface area contributed by atoms with Crippen molar-refractivity contribution in [2.75, 3.05) is 19.0 Å². The van der Waals surface area contributed by atoms with Gasteiger partial charge in [-0.2, -0.15) is 0 Å². The molecule has 0 amide bonds. The number of hydrogen-bond donors (Lipinski definition) is 1. The van der Waals surface area contributed by atoms with Crippen LogP contribution in [-0.2, 0) is 16.6 Å². The molecule has 0 radical (unpaired) electrons. The Morgan fingerprint density at radius 2 is 2.00 bits per heavy atom. The van der Waals surface area contributed by atoms with E-state index in [1.807, 2.05) is 43.3 Å². The summed E-state index contributed by atoms with van der Waals surface area (Å²) in [6, 6.07) is 12.2. The topological polar surface area (TPSA) is 89.1 Å². The van der Waals surface area contributed by atoms with Crippen molar-refractivity contribution < 1.29 is 14.1 Å². The van der Waals surface area contributed by atoms with Gasteiger partial charge in [-0.05, 0) is 29.3 Å². The van der Waals surface area contributed by atoms with Crippen LogP contribution in [0.15, 0.2) is 47.6 Å². The van der Waals surface area contributed by atoms with Gasteiger partial charge < -0.3 is 19.8 Å². The first-order valence-corrected chi connectivity index (χ1v) is 8.62. The van der Waals surface area contributed by atoms with Crippen molar-refractivity contribution in [1.29, 1.82) is 0 Å². The highest BCUT2D eigenvalue weighted by Crippen LogP contribution is 2.22. The Balaban J connectivity index is 1.91. The zero-order chi connectivity index (χ0) is 17.3. The number of para-hydroxylation sites is 1. The van der Waals surface area contributed by atoms with E-state index in [1.165, 1.54) is 12.1 Å². The zero-order valence-electron chi connectivity index (χ0n) is 13.3. The summed E-state index contributed by atoms with van der Waals surface area (Å²) in [7, 11) is 2.50. The number of benzene rings is 2. The molecule has 0 spiro atoms. The van der Waals surface area contributed by atoms with Gasteiger partial charge >= 0.3 is 0 Å². The van der Waals surface area contributed by atoms with Crippen LogP contribution >= 0.6 is 0 Å². The molecule has 7 heteroatoms. The monoisotopic (exact) mass is 342 g/mol. The predicted molar refractivity (Wildman–Crippen MR) is 91.3 cm³/mol. The highest BCUT2D eigenvalue weighted by atomic mass is 32.2. The summed E-state index contributed by atoms with van der Waals surface area (Å²) in [5, 5.41) is 11.2. The number of nitrogens with one attached hydrogen (secondary N) is 1. The highest BCUT2D eigenvalue weighted by molar-refractivity contribution is 7.84. The number of aromatic nitrogens is 2. The van der Waals surface area contributed by atoms with Crippen LogP contribution in [0.1, 0.15) is 15.9 Å². The standard InChI is InChI=1S/C17H17N3O3S/c1-20(2)15-6-4-3-5-12(15)10-24(23)17-18-13-8-7-11(16(21)22)9-14(13)19-17/h3-9H,10H2,1-2H3,(H,18,19)(H,21,22)/p-1. The molecule has 1 N–H and O–H groups in total. The van der Waals surface area contributed by atoms with Crippen LogP contribution in [0.2, 0.25) is 0 Å². The number of aromatic amines is 1. The first-order chi connectivity index (χ1) is 11.5. The van der Waals surface area contributed by atoms with E-state index in [0.29, 0.717) is 21.9 Å². The van der Waals surface area contributed by atoms with E-state index in [2.05, 4.69) is 9.97 Å². The van der Waals surface area contributed by atoms with Gasteiger partial charge in [0, 0.05) is 19.8 Å². The lowest BCUT2D eigenvalue weighted by Crippen LogP contribution is -2.21. The first kappa shape index (κ1) is 16.2. The number of hydrogen-bond acceptors (Lipinski definition) is 5. The van der Waals surface area contributed by atoms with Gasteiger partial charge in [0.1, 0.15) is 0 Å². The van der Waals surface area contributed by atoms with Crippen molar-refractivity contribution >= 4 is 33.5 Å². The number of rotatable bonds is 5. The third-order valence-electron chi connectivity index (χ3n) is 3.67. The Morgan fingerprint density at radius 1 is 1.25 bits per heavy atom. The Morgan fingerprint density at radius 3 is 2.71 bits per heavy atom. The number of carboxylic acid groups (broad SMARTS) is 1. The molecule has 1 atom stereocenters. The van der Waals surface area contributed by atoms with Crippen LogP contribution in [-0.4, -0.2) is 34.2 Å². The van der Waals surface area contributed by atoms with E-state index in [-0.39, 0.29) is 5.56 Å². The van der Waals surface area contributed by atoms with Crippen molar-refractivity contribution in [3.8, 4) is 0 Å². The van der Waals surface area contributed by atoms with Gasteiger partial charge in [-0.3, -0.25) is 4.21 Å². The number of carbonyl (C=O) groups excluding carboxylic acids is 1. The lowest BCUT2D eigenvalue weighted by molar-refractivity contribution is -0.255. The number of nitrogens with zero attached hydrogens (tertiary/aromatic N) is 2. The van der Waals surface area contributed by atoms with E-state index in [9.17, 15) is 14.1 Å². The minimum absolute atomic E-state index is 0.0569. The molecular formula is C17H16N3O3S-. The van der Waals surface area contributed by atoms with E-state index in [0.717, 1.165) is 11.3 Å². The third-order valence-corrected chi connectivity index (χ3v) is 4.87. The molecule has 0 saturated carbocycles. The molecule has 1 unspecified atom stereocenters. The molecule has 124 valence electrons. The summed E-state index contributed by atoms with van der Waals surface area (Å²) in [5.74, 6) is -0.935. The van der Waals surface area contributed by atoms with Gasteiger partial charge in [-0.15, -0.1) is 0 Å². The largest absolute Gasteiger partial charge is 0.545 e. The van der Waals surface area contributed by atoms with E-state index in [1.54, 1.807) is 6.07 Å². The van der Waals surface area contributed by atoms with Crippen LogP contribution < -0.4 is 10.0 Å². The van der Waals surface area contributed by atoms with Crippen molar-refractivity contribution in [3.63, 3.8) is 0 Å². The van der Waals surface area contributed by atoms with Gasteiger partial charge in [0.05, 0.1) is 33.6 Å². The molecule has 1 aromatic heterocycles. The second-order valence-electron chi connectivity index (χ2n) is 5.57. The fourth-order valence-electron chi connectivity index (χ4n) is 2.50. The quantitative estimate of drug-likeness (QED) is 0.755. The number of anilines is 1. The second-order valence-corrected chi connectivity index (χ2v) is 6.94. The maximum atomic E-state index is 12.6. The number of H-pyrrole nitrogens is 1. The fourth-order valence-corrected chi connectivity index (χ4v) is 3.59. The summed E-state index contributed by atoms with van der Waals surface area (Å²) in [6.45, 7) is 0. The SMILES string of the molecule is CN(C)c1ccccc1CS(=O)c1nc2ccc(C(=O)[O-])cc2[nH]1. The zero-order valence-corrected chi connectivity index (χ0v) is 14.1. The van der Waals surface area contributed by atoms with Gasteiger partial charge in [-0.1, -0.05) is 24.3 Å². The Hall–Kier alpha value is -2.67. The van der Waals surface area contributed by atoms with Crippen LogP contribution in [0.4, 0.5) is 5.69 Å². The molecule has 3 rings (SSSR count). The van der Waals surface area contributed by atoms with Crippen LogP contribution in [0.3, 0.4) is 0 Å². The van der Waals surface area contributed by atoms with E-state index < -0.39 is 16.8 Å². The lowest BCUT2D eigenvalue weighted by Gasteiger charge is -2.16. The minimum Gasteiger partial charge on any atom is -0.545 e. The maximum absolute atomic E-state index is 12.6. The van der Waals surface area contributed by atoms with Gasteiger partial charge in [0.25, 0.3) is 0 Å². The van der Waals surface area contributed by atoms with E-state index >= 15 is 0 Å². The average molecular weight is 342 g/mol. The molecule has 0 saturated heterocycles. The Kier molecular flexibility index (Phi) is 4.35. The number of fused-ring (bicyclic) bond motifs is 1. The summed E-state index contributed by atoms with van der Waals surface area (Å²) in [4.78, 5) is 20.1.